The van der Waals surface area contributed by atoms with Crippen LogP contribution in [0.15, 0.2) is 125 Å². The highest BCUT2D eigenvalue weighted by molar-refractivity contribution is 6.01. The maximum Gasteiger partial charge on any atom is 0.266 e. The molecular formula is C43H44N6O7. The number of aliphatic hydroxyl groups is 1. The summed E-state index contributed by atoms with van der Waals surface area (Å²) in [4.78, 5) is 23.1. The monoisotopic (exact) mass is 756 g/mol. The van der Waals surface area contributed by atoms with E-state index in [1.165, 1.54) is 7.11 Å². The van der Waals surface area contributed by atoms with Gasteiger partial charge in [-0.1, -0.05) is 84.0 Å². The van der Waals surface area contributed by atoms with E-state index >= 15 is 0 Å². The second-order valence-corrected chi connectivity index (χ2v) is 13.0. The van der Waals surface area contributed by atoms with Crippen molar-refractivity contribution in [2.45, 2.75) is 37.6 Å². The van der Waals surface area contributed by atoms with E-state index in [1.54, 1.807) is 38.5 Å². The summed E-state index contributed by atoms with van der Waals surface area (Å²) in [6.07, 6.45) is -0.258. The van der Waals surface area contributed by atoms with E-state index in [2.05, 4.69) is 20.9 Å². The molecule has 0 spiro atoms. The summed E-state index contributed by atoms with van der Waals surface area (Å²) in [5, 5.41) is 13.0. The van der Waals surface area contributed by atoms with Crippen LogP contribution in [0.5, 0.6) is 23.0 Å². The zero-order valence-electron chi connectivity index (χ0n) is 31.5. The zero-order chi connectivity index (χ0) is 39.3. The van der Waals surface area contributed by atoms with Gasteiger partial charge in [0.15, 0.2) is 23.1 Å². The summed E-state index contributed by atoms with van der Waals surface area (Å²) in [5.74, 6) is 1.87. The number of nitrogens with zero attached hydrogens (tertiary/aromatic N) is 4. The number of methoxy groups -OCH3 is 3. The summed E-state index contributed by atoms with van der Waals surface area (Å²) in [6.45, 7) is 0.701. The van der Waals surface area contributed by atoms with E-state index in [1.807, 2.05) is 91.0 Å². The Morgan fingerprint density at radius 1 is 0.857 bits per heavy atom. The summed E-state index contributed by atoms with van der Waals surface area (Å²) in [6, 6.07) is 36.3. The second kappa shape index (κ2) is 18.7. The van der Waals surface area contributed by atoms with Gasteiger partial charge in [0, 0.05) is 36.5 Å². The van der Waals surface area contributed by atoms with Gasteiger partial charge in [0.25, 0.3) is 5.91 Å². The number of amides is 1. The number of hydrogen-bond acceptors (Lipinski definition) is 10. The van der Waals surface area contributed by atoms with Crippen molar-refractivity contribution >= 4 is 11.8 Å². The van der Waals surface area contributed by atoms with Gasteiger partial charge in [0.2, 0.25) is 11.6 Å². The molecule has 56 heavy (non-hydrogen) atoms. The van der Waals surface area contributed by atoms with Gasteiger partial charge < -0.3 is 28.8 Å². The number of azide groups is 1. The van der Waals surface area contributed by atoms with Crippen molar-refractivity contribution in [2.24, 2.45) is 10.1 Å². The predicted molar refractivity (Wildman–Crippen MR) is 213 cm³/mol. The van der Waals surface area contributed by atoms with Gasteiger partial charge in [-0.15, -0.1) is 0 Å². The fraction of sp³-hybridized carbons (Fsp3) is 0.256. The molecule has 13 heteroatoms. The minimum absolute atomic E-state index is 0.0317. The number of hydrogen-bond donors (Lipinski definition) is 3. The van der Waals surface area contributed by atoms with Crippen molar-refractivity contribution in [2.75, 3.05) is 34.5 Å². The quantitative estimate of drug-likeness (QED) is 0.0276. The molecule has 0 saturated carbocycles. The van der Waals surface area contributed by atoms with E-state index in [0.29, 0.717) is 41.6 Å². The minimum atomic E-state index is -1.55. The van der Waals surface area contributed by atoms with Crippen molar-refractivity contribution in [1.29, 1.82) is 0 Å². The molecule has 1 aliphatic rings. The Labute approximate surface area is 325 Å². The third kappa shape index (κ3) is 8.88. The van der Waals surface area contributed by atoms with Crippen molar-refractivity contribution < 1.29 is 33.6 Å². The maximum absolute atomic E-state index is 14.9. The topological polar surface area (TPSA) is 169 Å². The van der Waals surface area contributed by atoms with Gasteiger partial charge in [0.05, 0.1) is 34.5 Å². The molecule has 0 unspecified atom stereocenters. The molecule has 0 radical (unpaired) electrons. The van der Waals surface area contributed by atoms with E-state index in [0.717, 1.165) is 33.4 Å². The Hall–Kier alpha value is -6.53. The first-order chi connectivity index (χ1) is 27.4. The Balaban J connectivity index is 1.41. The molecule has 5 aromatic carbocycles. The van der Waals surface area contributed by atoms with Gasteiger partial charge in [-0.05, 0) is 75.3 Å². The number of hydrazine groups is 1. The lowest BCUT2D eigenvalue weighted by Gasteiger charge is -2.31. The van der Waals surface area contributed by atoms with Crippen LogP contribution in [-0.4, -0.2) is 57.0 Å². The second-order valence-electron chi connectivity index (χ2n) is 13.0. The number of carbonyl (C=O) groups is 1. The van der Waals surface area contributed by atoms with Crippen LogP contribution in [0.25, 0.3) is 21.6 Å². The lowest BCUT2D eigenvalue weighted by molar-refractivity contribution is -0.130. The van der Waals surface area contributed by atoms with E-state index in [4.69, 9.17) is 34.2 Å². The first-order valence-electron chi connectivity index (χ1n) is 18.1. The molecular weight excluding hydrogens is 713 g/mol. The fourth-order valence-electron chi connectivity index (χ4n) is 6.62. The highest BCUT2D eigenvalue weighted by Crippen LogP contribution is 2.44. The molecule has 2 atom stereocenters. The van der Waals surface area contributed by atoms with Crippen LogP contribution >= 0.6 is 0 Å². The number of aliphatic imine (C=N–C) groups is 1. The first kappa shape index (κ1) is 39.2. The number of nitrogens with one attached hydrogen (secondary N) is 2. The maximum atomic E-state index is 14.9. The Morgan fingerprint density at radius 3 is 2.14 bits per heavy atom. The third-order valence-electron chi connectivity index (χ3n) is 9.45. The van der Waals surface area contributed by atoms with Crippen LogP contribution in [0.1, 0.15) is 40.3 Å². The number of benzene rings is 5. The highest BCUT2D eigenvalue weighted by atomic mass is 16.5. The molecule has 0 aromatic heterocycles. The summed E-state index contributed by atoms with van der Waals surface area (Å²) in [5.41, 5.74) is 19.4. The molecule has 1 aliphatic heterocycles. The van der Waals surface area contributed by atoms with E-state index in [9.17, 15) is 9.90 Å². The minimum Gasteiger partial charge on any atom is -0.494 e. The highest BCUT2D eigenvalue weighted by Gasteiger charge is 2.53. The number of rotatable bonds is 18. The molecule has 1 amide bonds. The molecule has 13 nitrogen and oxygen atoms in total. The van der Waals surface area contributed by atoms with Crippen LogP contribution in [0.3, 0.4) is 0 Å². The number of aliphatic hydroxyl groups excluding tert-OH is 1. The molecule has 288 valence electrons. The SMILES string of the molecule is COc1cc(CNNC(=O)[C@@]2(Cc3ccccc3CN=[N+]=[N-])N=C(c3ccc(OCCCO)cc3)O[C@H]2c2ccc(-c3ccccc3)cc2)cc(OC)c1OC. The van der Waals surface area contributed by atoms with E-state index in [-0.39, 0.29) is 32.0 Å². The molecule has 0 aliphatic carbocycles. The number of ether oxygens (including phenoxy) is 5. The van der Waals surface area contributed by atoms with Crippen molar-refractivity contribution in [1.82, 2.24) is 10.9 Å². The predicted octanol–water partition coefficient (Wildman–Crippen LogP) is 7.27. The van der Waals surface area contributed by atoms with Gasteiger partial charge in [-0.3, -0.25) is 10.2 Å². The third-order valence-corrected chi connectivity index (χ3v) is 9.45. The summed E-state index contributed by atoms with van der Waals surface area (Å²) < 4.78 is 29.1. The van der Waals surface area contributed by atoms with Crippen molar-refractivity contribution in [3.05, 3.63) is 154 Å². The van der Waals surface area contributed by atoms with E-state index < -0.39 is 17.6 Å². The Bertz CT molecular complexity index is 2150. The van der Waals surface area contributed by atoms with Crippen molar-refractivity contribution in [3.63, 3.8) is 0 Å². The average Bonchev–Trinajstić information content (AvgIpc) is 3.63. The van der Waals surface area contributed by atoms with Gasteiger partial charge >= 0.3 is 0 Å². The van der Waals surface area contributed by atoms with Crippen LogP contribution in [0.4, 0.5) is 0 Å². The molecule has 0 fully saturated rings. The van der Waals surface area contributed by atoms with Crippen molar-refractivity contribution in [3.8, 4) is 34.1 Å². The number of carbonyl (C=O) groups excluding carboxylic acids is 1. The molecule has 1 heterocycles. The first-order valence-corrected chi connectivity index (χ1v) is 18.1. The molecule has 0 bridgehead atoms. The smallest absolute Gasteiger partial charge is 0.266 e. The summed E-state index contributed by atoms with van der Waals surface area (Å²) >= 11 is 0. The Kier molecular flexibility index (Phi) is 13.1. The standard InChI is InChI=1S/C43H44N6O7/c1-52-37-24-29(25-38(53-2)39(37)54-3)27-45-48-42(51)43(26-34-12-7-8-13-35(34)28-46-49-44)40(32-16-14-31(15-17-32)30-10-5-4-6-11-30)56-41(47-43)33-18-20-36(21-19-33)55-23-9-22-50/h4-8,10-21,24-25,40,45,50H,9,22-23,26-28H2,1-3H3,(H,48,51)/t40-,43-/m0/s1. The van der Waals surface area contributed by atoms with Crippen LogP contribution < -0.4 is 29.8 Å². The summed E-state index contributed by atoms with van der Waals surface area (Å²) in [7, 11) is 4.62. The fourth-order valence-corrected chi connectivity index (χ4v) is 6.62. The normalized spacial score (nSPS) is 15.9. The van der Waals surface area contributed by atoms with Crippen LogP contribution in [-0.2, 0) is 29.0 Å². The Morgan fingerprint density at radius 2 is 1.50 bits per heavy atom. The van der Waals surface area contributed by atoms with Crippen LogP contribution in [0.2, 0.25) is 0 Å². The molecule has 0 saturated heterocycles. The lowest BCUT2D eigenvalue weighted by atomic mass is 9.80. The molecule has 5 aromatic rings. The van der Waals surface area contributed by atoms with Gasteiger partial charge in [-0.25, -0.2) is 10.4 Å². The van der Waals surface area contributed by atoms with Crippen LogP contribution in [0, 0.1) is 0 Å². The zero-order valence-corrected chi connectivity index (χ0v) is 31.5. The van der Waals surface area contributed by atoms with Gasteiger partial charge in [0.1, 0.15) is 5.75 Å². The largest absolute Gasteiger partial charge is 0.494 e. The average molecular weight is 757 g/mol. The molecule has 6 rings (SSSR count). The van der Waals surface area contributed by atoms with Gasteiger partial charge in [-0.2, -0.15) is 0 Å². The molecule has 3 N–H and O–H groups in total. The lowest BCUT2D eigenvalue weighted by Crippen LogP contribution is -2.53.